The van der Waals surface area contributed by atoms with Gasteiger partial charge in [0.15, 0.2) is 11.5 Å². The molecule has 0 saturated heterocycles. The van der Waals surface area contributed by atoms with Gasteiger partial charge in [0.2, 0.25) is 10.0 Å². The van der Waals surface area contributed by atoms with Crippen LogP contribution in [0.5, 0.6) is 17.2 Å². The van der Waals surface area contributed by atoms with Crippen LogP contribution in [0.2, 0.25) is 0 Å². The predicted molar refractivity (Wildman–Crippen MR) is 92.5 cm³/mol. The number of ether oxygens (including phenoxy) is 3. The average molecular weight is 364 g/mol. The number of rotatable bonds is 7. The second-order valence-corrected chi connectivity index (χ2v) is 7.13. The largest absolute Gasteiger partial charge is 0.492 e. The molecule has 7 nitrogen and oxygen atoms in total. The van der Waals surface area contributed by atoms with Crippen LogP contribution in [0, 0.1) is 0 Å². The summed E-state index contributed by atoms with van der Waals surface area (Å²) >= 11 is 0. The summed E-state index contributed by atoms with van der Waals surface area (Å²) in [6, 6.07) is 13.6. The zero-order chi connectivity index (χ0) is 17.7. The Morgan fingerprint density at radius 2 is 1.84 bits per heavy atom. The molecule has 2 aromatic carbocycles. The van der Waals surface area contributed by atoms with Crippen LogP contribution < -0.4 is 24.7 Å². The lowest BCUT2D eigenvalue weighted by Crippen LogP contribution is -2.39. The number of para-hydroxylation sites is 2. The van der Waals surface area contributed by atoms with E-state index in [1.165, 1.54) is 12.1 Å². The summed E-state index contributed by atoms with van der Waals surface area (Å²) in [5.74, 6) is 2.11. The van der Waals surface area contributed by atoms with E-state index in [1.54, 1.807) is 12.1 Å². The van der Waals surface area contributed by atoms with Crippen LogP contribution in [0.3, 0.4) is 0 Å². The Hall–Kier alpha value is -2.29. The molecule has 0 radical (unpaired) electrons. The highest BCUT2D eigenvalue weighted by atomic mass is 32.2. The van der Waals surface area contributed by atoms with Gasteiger partial charge >= 0.3 is 0 Å². The molecular weight excluding hydrogens is 344 g/mol. The van der Waals surface area contributed by atoms with Gasteiger partial charge in [-0.05, 0) is 36.4 Å². The van der Waals surface area contributed by atoms with E-state index >= 15 is 0 Å². The first-order chi connectivity index (χ1) is 12.0. The van der Waals surface area contributed by atoms with E-state index in [2.05, 4.69) is 5.32 Å². The highest BCUT2D eigenvalue weighted by Crippen LogP contribution is 2.30. The lowest BCUT2D eigenvalue weighted by molar-refractivity contribution is 0.0897. The Morgan fingerprint density at radius 3 is 2.56 bits per heavy atom. The maximum atomic E-state index is 11.2. The van der Waals surface area contributed by atoms with Crippen molar-refractivity contribution < 1.29 is 22.6 Å². The second kappa shape index (κ2) is 7.73. The normalized spacial score (nSPS) is 16.4. The number of nitrogens with one attached hydrogen (secondary N) is 1. The summed E-state index contributed by atoms with van der Waals surface area (Å²) in [6.07, 6.45) is -0.0519. The van der Waals surface area contributed by atoms with Crippen molar-refractivity contribution in [3.05, 3.63) is 48.5 Å². The molecule has 1 aliphatic rings. The Labute approximate surface area is 146 Å². The van der Waals surface area contributed by atoms with Gasteiger partial charge < -0.3 is 19.5 Å². The first-order valence-corrected chi connectivity index (χ1v) is 9.42. The van der Waals surface area contributed by atoms with E-state index in [1.807, 2.05) is 24.3 Å². The number of hydrogen-bond acceptors (Lipinski definition) is 6. The molecule has 1 unspecified atom stereocenters. The van der Waals surface area contributed by atoms with Crippen molar-refractivity contribution >= 4 is 10.0 Å². The van der Waals surface area contributed by atoms with Crippen molar-refractivity contribution in [1.82, 2.24) is 5.32 Å². The molecule has 3 rings (SSSR count). The molecule has 1 atom stereocenters. The first kappa shape index (κ1) is 17.5. The highest BCUT2D eigenvalue weighted by molar-refractivity contribution is 7.89. The van der Waals surface area contributed by atoms with Gasteiger partial charge in [-0.3, -0.25) is 0 Å². The molecule has 1 heterocycles. The predicted octanol–water partition coefficient (Wildman–Crippen LogP) is 1.14. The zero-order valence-corrected chi connectivity index (χ0v) is 14.4. The van der Waals surface area contributed by atoms with Gasteiger partial charge in [0.1, 0.15) is 25.1 Å². The Morgan fingerprint density at radius 1 is 1.12 bits per heavy atom. The van der Waals surface area contributed by atoms with Crippen molar-refractivity contribution in [2.75, 3.05) is 26.3 Å². The van der Waals surface area contributed by atoms with Gasteiger partial charge in [0.05, 0.1) is 4.90 Å². The van der Waals surface area contributed by atoms with Crippen LogP contribution in [0.4, 0.5) is 0 Å². The summed E-state index contributed by atoms with van der Waals surface area (Å²) in [4.78, 5) is 0.0627. The second-order valence-electron chi connectivity index (χ2n) is 5.57. The number of nitrogens with two attached hydrogens (primary N) is 1. The smallest absolute Gasteiger partial charge is 0.238 e. The topological polar surface area (TPSA) is 99.9 Å². The molecule has 0 saturated carbocycles. The third-order valence-electron chi connectivity index (χ3n) is 3.64. The molecule has 2 aromatic rings. The van der Waals surface area contributed by atoms with Gasteiger partial charge in [-0.2, -0.15) is 0 Å². The van der Waals surface area contributed by atoms with Crippen molar-refractivity contribution in [2.45, 2.75) is 11.0 Å². The Bertz CT molecular complexity index is 808. The SMILES string of the molecule is NS(=O)(=O)c1ccc(OCCNCC2COc3ccccc3O2)cc1. The minimum Gasteiger partial charge on any atom is -0.492 e. The maximum Gasteiger partial charge on any atom is 0.238 e. The summed E-state index contributed by atoms with van der Waals surface area (Å²) < 4.78 is 39.4. The van der Waals surface area contributed by atoms with Gasteiger partial charge in [-0.1, -0.05) is 12.1 Å². The number of sulfonamides is 1. The molecule has 0 fully saturated rings. The third kappa shape index (κ3) is 4.85. The van der Waals surface area contributed by atoms with Gasteiger partial charge in [-0.25, -0.2) is 13.6 Å². The lowest BCUT2D eigenvalue weighted by Gasteiger charge is -2.26. The van der Waals surface area contributed by atoms with Crippen molar-refractivity contribution in [1.29, 1.82) is 0 Å². The minimum atomic E-state index is -3.68. The Kier molecular flexibility index (Phi) is 5.42. The van der Waals surface area contributed by atoms with E-state index < -0.39 is 10.0 Å². The standard InChI is InChI=1S/C17H20N2O5S/c18-25(20,21)15-7-5-13(6-8-15)22-10-9-19-11-14-12-23-16-3-1-2-4-17(16)24-14/h1-8,14,19H,9-12H2,(H2,18,20,21). The molecule has 134 valence electrons. The van der Waals surface area contributed by atoms with E-state index in [0.717, 1.165) is 11.5 Å². The van der Waals surface area contributed by atoms with Crippen molar-refractivity contribution in [2.24, 2.45) is 5.14 Å². The zero-order valence-electron chi connectivity index (χ0n) is 13.6. The lowest BCUT2D eigenvalue weighted by atomic mass is 10.2. The maximum absolute atomic E-state index is 11.2. The average Bonchev–Trinajstić information content (AvgIpc) is 2.61. The monoisotopic (exact) mass is 364 g/mol. The molecule has 0 bridgehead atoms. The fourth-order valence-corrected chi connectivity index (χ4v) is 2.91. The fourth-order valence-electron chi connectivity index (χ4n) is 2.39. The fraction of sp³-hybridized carbons (Fsp3) is 0.294. The van der Waals surface area contributed by atoms with E-state index in [0.29, 0.717) is 32.1 Å². The molecule has 1 aliphatic heterocycles. The van der Waals surface area contributed by atoms with Crippen LogP contribution in [0.15, 0.2) is 53.4 Å². The number of primary sulfonamides is 1. The van der Waals surface area contributed by atoms with Gasteiger partial charge in [0, 0.05) is 13.1 Å². The quantitative estimate of drug-likeness (QED) is 0.715. The van der Waals surface area contributed by atoms with Crippen LogP contribution in [0.25, 0.3) is 0 Å². The van der Waals surface area contributed by atoms with Crippen LogP contribution in [-0.2, 0) is 10.0 Å². The highest BCUT2D eigenvalue weighted by Gasteiger charge is 2.19. The van der Waals surface area contributed by atoms with E-state index in [4.69, 9.17) is 19.3 Å². The summed E-state index contributed by atoms with van der Waals surface area (Å²) in [7, 11) is -3.68. The molecule has 8 heteroatoms. The number of benzene rings is 2. The number of hydrogen-bond donors (Lipinski definition) is 2. The van der Waals surface area contributed by atoms with Crippen LogP contribution in [0.1, 0.15) is 0 Å². The molecule has 0 spiro atoms. The van der Waals surface area contributed by atoms with Crippen molar-refractivity contribution in [3.8, 4) is 17.2 Å². The van der Waals surface area contributed by atoms with E-state index in [-0.39, 0.29) is 11.0 Å². The molecule has 0 amide bonds. The molecular formula is C17H20N2O5S. The molecule has 25 heavy (non-hydrogen) atoms. The summed E-state index contributed by atoms with van der Waals surface area (Å²) in [5.41, 5.74) is 0. The summed E-state index contributed by atoms with van der Waals surface area (Å²) in [5, 5.41) is 8.29. The third-order valence-corrected chi connectivity index (χ3v) is 4.57. The van der Waals surface area contributed by atoms with Gasteiger partial charge in [0.25, 0.3) is 0 Å². The molecule has 0 aliphatic carbocycles. The van der Waals surface area contributed by atoms with Crippen molar-refractivity contribution in [3.63, 3.8) is 0 Å². The Balaban J connectivity index is 1.37. The van der Waals surface area contributed by atoms with Crippen LogP contribution >= 0.6 is 0 Å². The number of fused-ring (bicyclic) bond motifs is 1. The first-order valence-electron chi connectivity index (χ1n) is 7.87. The van der Waals surface area contributed by atoms with E-state index in [9.17, 15) is 8.42 Å². The summed E-state index contributed by atoms with van der Waals surface area (Å²) in [6.45, 7) is 2.21. The van der Waals surface area contributed by atoms with Crippen LogP contribution in [-0.4, -0.2) is 40.8 Å². The molecule has 0 aromatic heterocycles. The van der Waals surface area contributed by atoms with Gasteiger partial charge in [-0.15, -0.1) is 0 Å². The molecule has 3 N–H and O–H groups in total. The minimum absolute atomic E-state index is 0.0519.